The van der Waals surface area contributed by atoms with Crippen LogP contribution in [0.5, 0.6) is 0 Å². The third kappa shape index (κ3) is 6.69. The molecule has 1 aromatic heterocycles. The maximum atomic E-state index is 7.48. The van der Waals surface area contributed by atoms with Crippen molar-refractivity contribution in [1.82, 2.24) is 0 Å². The molecular weight excluding hydrogens is 763 g/mol. The summed E-state index contributed by atoms with van der Waals surface area (Å²) in [6.07, 6.45) is 2.31. The Bertz CT molecular complexity index is 2940. The Morgan fingerprint density at radius 3 is 1.49 bits per heavy atom. The number of rotatable bonds is 3. The van der Waals surface area contributed by atoms with Gasteiger partial charge in [-0.15, -0.1) is 0 Å². The molecule has 0 amide bonds. The lowest BCUT2D eigenvalue weighted by Crippen LogP contribution is -2.61. The van der Waals surface area contributed by atoms with Crippen LogP contribution in [0.15, 0.2) is 120 Å². The van der Waals surface area contributed by atoms with Crippen LogP contribution in [0.1, 0.15) is 136 Å². The molecule has 0 spiro atoms. The number of nitrogens with zero attached hydrogens (tertiary/aromatic N) is 2. The van der Waals surface area contributed by atoms with Crippen LogP contribution in [0, 0.1) is 6.92 Å². The first-order valence-electron chi connectivity index (χ1n) is 23.3. The Morgan fingerprint density at radius 1 is 0.508 bits per heavy atom. The molecule has 3 aliphatic rings. The largest absolute Gasteiger partial charge is 0.468 e. The van der Waals surface area contributed by atoms with Gasteiger partial charge in [0.05, 0.1) is 11.3 Å². The van der Waals surface area contributed by atoms with Gasteiger partial charge in [-0.05, 0) is 157 Å². The summed E-state index contributed by atoms with van der Waals surface area (Å²) in [4.78, 5) is 5.08. The Morgan fingerprint density at radius 2 is 0.968 bits per heavy atom. The minimum Gasteiger partial charge on any atom is -0.468 e. The van der Waals surface area contributed by atoms with Crippen molar-refractivity contribution in [3.8, 4) is 11.1 Å². The lowest BCUT2D eigenvalue weighted by Gasteiger charge is -2.43. The van der Waals surface area contributed by atoms with Crippen molar-refractivity contribution < 1.29 is 4.42 Å². The van der Waals surface area contributed by atoms with Crippen molar-refractivity contribution in [3.05, 3.63) is 149 Å². The smallest absolute Gasteiger partial charge is 0.297 e. The van der Waals surface area contributed by atoms with Crippen molar-refractivity contribution in [2.75, 3.05) is 9.80 Å². The maximum absolute atomic E-state index is 7.48. The van der Waals surface area contributed by atoms with Crippen LogP contribution in [0.4, 0.5) is 34.1 Å². The molecule has 4 heteroatoms. The van der Waals surface area contributed by atoms with E-state index in [4.69, 9.17) is 4.42 Å². The molecule has 3 nitrogen and oxygen atoms in total. The van der Waals surface area contributed by atoms with Gasteiger partial charge in [0, 0.05) is 33.8 Å². The highest BCUT2D eigenvalue weighted by Gasteiger charge is 2.48. The van der Waals surface area contributed by atoms with E-state index in [0.717, 1.165) is 35.5 Å². The van der Waals surface area contributed by atoms with Gasteiger partial charge in [0.1, 0.15) is 5.58 Å². The number of hydrogen-bond donors (Lipinski definition) is 0. The van der Waals surface area contributed by atoms with Gasteiger partial charge in [0.2, 0.25) is 0 Å². The van der Waals surface area contributed by atoms with E-state index in [1.165, 1.54) is 83.6 Å². The van der Waals surface area contributed by atoms with Gasteiger partial charge in [0.15, 0.2) is 0 Å². The van der Waals surface area contributed by atoms with Gasteiger partial charge in [-0.25, -0.2) is 0 Å². The molecule has 320 valence electrons. The first-order valence-corrected chi connectivity index (χ1v) is 23.3. The minimum absolute atomic E-state index is 0.0409. The standard InChI is InChI=1S/C59H65BN2O/c1-36-31-49-52-50(32-36)62(43-26-22-41(23-27-43)57(8,9)10)53-44-34-45-46(59(13,14)30-29-58(45,11)12)35-51(44)63-54(53)60(52)47-28-17-38(37-15-18-39(19-16-37)55(2,3)4)33-48(47)61(49)42-24-20-40(21-25-42)56(5,6)7/h15-28,31-35H,29-30H2,1-14H3. The molecule has 0 atom stereocenters. The van der Waals surface area contributed by atoms with Crippen LogP contribution in [0.25, 0.3) is 22.1 Å². The summed E-state index contributed by atoms with van der Waals surface area (Å²) >= 11 is 0. The third-order valence-electron chi connectivity index (χ3n) is 14.8. The van der Waals surface area contributed by atoms with Crippen molar-refractivity contribution in [2.45, 2.75) is 137 Å². The summed E-state index contributed by atoms with van der Waals surface area (Å²) in [5, 5.41) is 1.19. The van der Waals surface area contributed by atoms with Gasteiger partial charge in [-0.1, -0.05) is 151 Å². The highest BCUT2D eigenvalue weighted by atomic mass is 16.3. The first-order chi connectivity index (χ1) is 29.5. The molecular formula is C59H65BN2O. The fraction of sp³-hybridized carbons (Fsp3) is 0.356. The molecule has 0 fully saturated rings. The van der Waals surface area contributed by atoms with Crippen LogP contribution in [0.3, 0.4) is 0 Å². The first kappa shape index (κ1) is 41.5. The van der Waals surface area contributed by atoms with E-state index in [-0.39, 0.29) is 33.8 Å². The molecule has 7 aromatic rings. The molecule has 0 unspecified atom stereocenters. The summed E-state index contributed by atoms with van der Waals surface area (Å²) in [7, 11) is 0. The number of furan rings is 1. The monoisotopic (exact) mass is 829 g/mol. The summed E-state index contributed by atoms with van der Waals surface area (Å²) < 4.78 is 7.48. The van der Waals surface area contributed by atoms with Gasteiger partial charge >= 0.3 is 0 Å². The predicted molar refractivity (Wildman–Crippen MR) is 272 cm³/mol. The van der Waals surface area contributed by atoms with Crippen LogP contribution in [-0.2, 0) is 27.1 Å². The van der Waals surface area contributed by atoms with Gasteiger partial charge in [-0.3, -0.25) is 0 Å². The van der Waals surface area contributed by atoms with Crippen LogP contribution < -0.4 is 26.4 Å². The zero-order valence-corrected chi connectivity index (χ0v) is 40.3. The second kappa shape index (κ2) is 13.8. The topological polar surface area (TPSA) is 19.6 Å². The fourth-order valence-electron chi connectivity index (χ4n) is 10.8. The number of fused-ring (bicyclic) bond motifs is 7. The summed E-state index contributed by atoms with van der Waals surface area (Å²) in [5.41, 5.74) is 22.4. The van der Waals surface area contributed by atoms with E-state index >= 15 is 0 Å². The van der Waals surface area contributed by atoms with Gasteiger partial charge in [0.25, 0.3) is 6.71 Å². The quantitative estimate of drug-likeness (QED) is 0.165. The molecule has 1 aliphatic carbocycles. The van der Waals surface area contributed by atoms with E-state index in [9.17, 15) is 0 Å². The second-order valence-electron chi connectivity index (χ2n) is 23.5. The van der Waals surface area contributed by atoms with Gasteiger partial charge in [-0.2, -0.15) is 0 Å². The van der Waals surface area contributed by atoms with Crippen LogP contribution >= 0.6 is 0 Å². The van der Waals surface area contributed by atoms with Crippen molar-refractivity contribution in [3.63, 3.8) is 0 Å². The molecule has 2 aliphatic heterocycles. The van der Waals surface area contributed by atoms with E-state index < -0.39 is 0 Å². The summed E-state index contributed by atoms with van der Waals surface area (Å²) in [5.74, 6) is 0. The molecule has 0 saturated carbocycles. The van der Waals surface area contributed by atoms with E-state index in [1.807, 2.05) is 0 Å². The lowest BCUT2D eigenvalue weighted by molar-refractivity contribution is 0.332. The lowest BCUT2D eigenvalue weighted by atomic mass is 9.35. The van der Waals surface area contributed by atoms with Crippen molar-refractivity contribution in [1.29, 1.82) is 0 Å². The van der Waals surface area contributed by atoms with E-state index in [1.54, 1.807) is 0 Å². The average molecular weight is 829 g/mol. The number of hydrogen-bond acceptors (Lipinski definition) is 3. The minimum atomic E-state index is -0.112. The van der Waals surface area contributed by atoms with E-state index in [0.29, 0.717) is 0 Å². The summed E-state index contributed by atoms with van der Waals surface area (Å²) in [6.45, 7) is 32.5. The average Bonchev–Trinajstić information content (AvgIpc) is 3.59. The molecule has 6 aromatic carbocycles. The molecule has 3 heterocycles. The van der Waals surface area contributed by atoms with Gasteiger partial charge < -0.3 is 14.2 Å². The molecule has 63 heavy (non-hydrogen) atoms. The zero-order valence-electron chi connectivity index (χ0n) is 40.3. The SMILES string of the molecule is Cc1cc2c3c(c1)N(c1ccc(C(C)(C)C)cc1)c1c(oc4cc5c(cc14)C(C)(C)CCC5(C)C)B3c1ccc(-c3ccc(C(C)(C)C)cc3)cc1N2c1ccc(C(C)(C)C)cc1. The van der Waals surface area contributed by atoms with Crippen molar-refractivity contribution in [2.24, 2.45) is 0 Å². The molecule has 0 saturated heterocycles. The second-order valence-corrected chi connectivity index (χ2v) is 23.5. The normalized spacial score (nSPS) is 16.4. The Hall–Kier alpha value is -5.48. The zero-order chi connectivity index (χ0) is 44.8. The summed E-state index contributed by atoms with van der Waals surface area (Å²) in [6, 6.07) is 44.8. The third-order valence-corrected chi connectivity index (χ3v) is 14.8. The number of benzene rings is 6. The van der Waals surface area contributed by atoms with Crippen molar-refractivity contribution >= 4 is 68.4 Å². The van der Waals surface area contributed by atoms with E-state index in [2.05, 4.69) is 222 Å². The molecule has 0 radical (unpaired) electrons. The number of aryl methyl sites for hydroxylation is 1. The molecule has 0 N–H and O–H groups in total. The van der Waals surface area contributed by atoms with Crippen LogP contribution in [-0.4, -0.2) is 6.71 Å². The predicted octanol–water partition coefficient (Wildman–Crippen LogP) is 14.7. The Labute approximate surface area is 377 Å². The Balaban J connectivity index is 1.28. The maximum Gasteiger partial charge on any atom is 0.297 e. The molecule has 10 rings (SSSR count). The number of anilines is 6. The highest BCUT2D eigenvalue weighted by Crippen LogP contribution is 2.52. The van der Waals surface area contributed by atoms with Crippen LogP contribution in [0.2, 0.25) is 0 Å². The Kier molecular flexibility index (Phi) is 9.07. The fourth-order valence-corrected chi connectivity index (χ4v) is 10.8. The highest BCUT2D eigenvalue weighted by molar-refractivity contribution is 7.00. The molecule has 0 bridgehead atoms.